The molecule has 8 heteroatoms. The van der Waals surface area contributed by atoms with Crippen molar-refractivity contribution in [1.82, 2.24) is 15.5 Å². The van der Waals surface area contributed by atoms with Gasteiger partial charge in [0, 0.05) is 12.8 Å². The third-order valence-electron chi connectivity index (χ3n) is 2.61. The molecule has 1 aromatic heterocycles. The van der Waals surface area contributed by atoms with Crippen LogP contribution in [0.3, 0.4) is 0 Å². The molecule has 0 aliphatic heterocycles. The molecule has 0 aliphatic rings. The molecule has 0 saturated carbocycles. The van der Waals surface area contributed by atoms with E-state index in [2.05, 4.69) is 22.4 Å². The first kappa shape index (κ1) is 15.9. The first-order valence-electron chi connectivity index (χ1n) is 6.50. The van der Waals surface area contributed by atoms with E-state index >= 15 is 0 Å². The molecule has 6 nitrogen and oxygen atoms in total. The van der Waals surface area contributed by atoms with Crippen LogP contribution in [0.5, 0.6) is 10.9 Å². The summed E-state index contributed by atoms with van der Waals surface area (Å²) in [6.45, 7) is 3.70. The molecule has 1 aromatic carbocycles. The Labute approximate surface area is 128 Å². The molecule has 0 spiro atoms. The van der Waals surface area contributed by atoms with Crippen molar-refractivity contribution in [3.8, 4) is 10.9 Å². The molecule has 2 rings (SSSR count). The SMILES string of the molecule is CCCNCc1nnc(Oc2ccc(S(C)(=O)=O)cc2)s1. The molecule has 1 N–H and O–H groups in total. The Morgan fingerprint density at radius 1 is 1.24 bits per heavy atom. The predicted octanol–water partition coefficient (Wildman–Crippen LogP) is 2.23. The van der Waals surface area contributed by atoms with Gasteiger partial charge in [-0.15, -0.1) is 5.10 Å². The Morgan fingerprint density at radius 2 is 1.95 bits per heavy atom. The second-order valence-corrected chi connectivity index (χ2v) is 7.52. The van der Waals surface area contributed by atoms with Crippen molar-refractivity contribution < 1.29 is 13.2 Å². The Bertz CT molecular complexity index is 681. The Morgan fingerprint density at radius 3 is 2.57 bits per heavy atom. The van der Waals surface area contributed by atoms with Gasteiger partial charge in [-0.05, 0) is 37.2 Å². The zero-order chi connectivity index (χ0) is 15.3. The highest BCUT2D eigenvalue weighted by Crippen LogP contribution is 2.25. The molecule has 0 aliphatic carbocycles. The smallest absolute Gasteiger partial charge is 0.299 e. The molecule has 0 unspecified atom stereocenters. The van der Waals surface area contributed by atoms with Gasteiger partial charge in [-0.2, -0.15) is 0 Å². The topological polar surface area (TPSA) is 81.2 Å². The summed E-state index contributed by atoms with van der Waals surface area (Å²) in [4.78, 5) is 0.261. The third-order valence-corrected chi connectivity index (χ3v) is 4.54. The van der Waals surface area contributed by atoms with E-state index in [0.29, 0.717) is 17.5 Å². The van der Waals surface area contributed by atoms with Crippen LogP contribution < -0.4 is 10.1 Å². The predicted molar refractivity (Wildman–Crippen MR) is 81.5 cm³/mol. The van der Waals surface area contributed by atoms with Crippen LogP contribution in [0.25, 0.3) is 0 Å². The fourth-order valence-electron chi connectivity index (χ4n) is 1.58. The summed E-state index contributed by atoms with van der Waals surface area (Å²) in [5.41, 5.74) is 0. The van der Waals surface area contributed by atoms with Gasteiger partial charge in [-0.3, -0.25) is 0 Å². The Kier molecular flexibility index (Phi) is 5.27. The van der Waals surface area contributed by atoms with Crippen LogP contribution in [0, 0.1) is 0 Å². The lowest BCUT2D eigenvalue weighted by atomic mass is 10.3. The number of benzene rings is 1. The number of hydrogen-bond acceptors (Lipinski definition) is 7. The molecule has 0 bridgehead atoms. The Balaban J connectivity index is 1.98. The number of aromatic nitrogens is 2. The van der Waals surface area contributed by atoms with Gasteiger partial charge in [0.1, 0.15) is 10.8 Å². The monoisotopic (exact) mass is 327 g/mol. The molecule has 0 fully saturated rings. The van der Waals surface area contributed by atoms with E-state index in [4.69, 9.17) is 4.74 Å². The summed E-state index contributed by atoms with van der Waals surface area (Å²) in [6, 6.07) is 6.23. The van der Waals surface area contributed by atoms with Crippen molar-refractivity contribution >= 4 is 21.2 Å². The molecule has 0 amide bonds. The van der Waals surface area contributed by atoms with Crippen molar-refractivity contribution in [1.29, 1.82) is 0 Å². The molecule has 114 valence electrons. The summed E-state index contributed by atoms with van der Waals surface area (Å²) in [7, 11) is -3.19. The van der Waals surface area contributed by atoms with E-state index in [1.807, 2.05) is 0 Å². The third kappa shape index (κ3) is 4.76. The van der Waals surface area contributed by atoms with Gasteiger partial charge in [0.2, 0.25) is 0 Å². The molecule has 2 aromatic rings. The summed E-state index contributed by atoms with van der Waals surface area (Å²) in [5.74, 6) is 0.534. The maximum Gasteiger partial charge on any atom is 0.299 e. The van der Waals surface area contributed by atoms with Crippen molar-refractivity contribution in [2.24, 2.45) is 0 Å². The van der Waals surface area contributed by atoms with Gasteiger partial charge in [0.25, 0.3) is 5.19 Å². The van der Waals surface area contributed by atoms with Crippen LogP contribution in [0.15, 0.2) is 29.2 Å². The van der Waals surface area contributed by atoms with E-state index in [1.165, 1.54) is 29.7 Å². The van der Waals surface area contributed by atoms with E-state index in [1.54, 1.807) is 12.1 Å². The lowest BCUT2D eigenvalue weighted by Gasteiger charge is -2.02. The number of nitrogens with one attached hydrogen (secondary N) is 1. The summed E-state index contributed by atoms with van der Waals surface area (Å²) >= 11 is 1.36. The molecule has 0 saturated heterocycles. The first-order valence-corrected chi connectivity index (χ1v) is 9.21. The molecular weight excluding hydrogens is 310 g/mol. The minimum absolute atomic E-state index is 0.261. The van der Waals surface area contributed by atoms with Crippen LogP contribution in [0.1, 0.15) is 18.4 Å². The summed E-state index contributed by atoms with van der Waals surface area (Å²) in [6.07, 6.45) is 2.23. The summed E-state index contributed by atoms with van der Waals surface area (Å²) < 4.78 is 28.3. The van der Waals surface area contributed by atoms with Gasteiger partial charge in [-0.1, -0.05) is 23.4 Å². The fraction of sp³-hybridized carbons (Fsp3) is 0.385. The summed E-state index contributed by atoms with van der Waals surface area (Å²) in [5, 5.41) is 12.5. The molecule has 0 atom stereocenters. The van der Waals surface area contributed by atoms with Crippen molar-refractivity contribution in [2.75, 3.05) is 12.8 Å². The lowest BCUT2D eigenvalue weighted by Crippen LogP contribution is -2.13. The second-order valence-electron chi connectivity index (χ2n) is 4.48. The second kappa shape index (κ2) is 6.97. The molecular formula is C13H17N3O3S2. The van der Waals surface area contributed by atoms with Gasteiger partial charge in [-0.25, -0.2) is 8.42 Å². The zero-order valence-electron chi connectivity index (χ0n) is 11.9. The fourth-order valence-corrected chi connectivity index (χ4v) is 2.89. The van der Waals surface area contributed by atoms with Crippen molar-refractivity contribution in [3.63, 3.8) is 0 Å². The highest BCUT2D eigenvalue weighted by molar-refractivity contribution is 7.90. The minimum Gasteiger partial charge on any atom is -0.430 e. The lowest BCUT2D eigenvalue weighted by molar-refractivity contribution is 0.472. The number of sulfone groups is 1. The van der Waals surface area contributed by atoms with Gasteiger partial charge in [0.15, 0.2) is 9.84 Å². The van der Waals surface area contributed by atoms with Crippen LogP contribution >= 0.6 is 11.3 Å². The van der Waals surface area contributed by atoms with Crippen molar-refractivity contribution in [2.45, 2.75) is 24.8 Å². The number of nitrogens with zero attached hydrogens (tertiary/aromatic N) is 2. The minimum atomic E-state index is -3.19. The standard InChI is InChI=1S/C13H17N3O3S2/c1-3-8-14-9-12-15-16-13(20-12)19-10-4-6-11(7-5-10)21(2,17)18/h4-7,14H,3,8-9H2,1-2H3. The number of hydrogen-bond donors (Lipinski definition) is 1. The van der Waals surface area contributed by atoms with Gasteiger partial charge >= 0.3 is 0 Å². The van der Waals surface area contributed by atoms with E-state index in [0.717, 1.165) is 18.0 Å². The van der Waals surface area contributed by atoms with E-state index < -0.39 is 9.84 Å². The highest BCUT2D eigenvalue weighted by atomic mass is 32.2. The quantitative estimate of drug-likeness (QED) is 0.786. The van der Waals surface area contributed by atoms with E-state index in [9.17, 15) is 8.42 Å². The zero-order valence-corrected chi connectivity index (χ0v) is 13.5. The number of rotatable bonds is 7. The Hall–Kier alpha value is -1.51. The molecule has 1 heterocycles. The average molecular weight is 327 g/mol. The molecule has 0 radical (unpaired) electrons. The number of ether oxygens (including phenoxy) is 1. The van der Waals surface area contributed by atoms with Crippen LogP contribution in [-0.4, -0.2) is 31.4 Å². The highest BCUT2D eigenvalue weighted by Gasteiger charge is 2.09. The normalized spacial score (nSPS) is 11.5. The maximum atomic E-state index is 11.4. The van der Waals surface area contributed by atoms with Gasteiger partial charge < -0.3 is 10.1 Å². The largest absolute Gasteiger partial charge is 0.430 e. The van der Waals surface area contributed by atoms with E-state index in [-0.39, 0.29) is 4.90 Å². The average Bonchev–Trinajstić information content (AvgIpc) is 2.86. The van der Waals surface area contributed by atoms with Crippen LogP contribution in [-0.2, 0) is 16.4 Å². The van der Waals surface area contributed by atoms with Crippen LogP contribution in [0.2, 0.25) is 0 Å². The maximum absolute atomic E-state index is 11.4. The van der Waals surface area contributed by atoms with Crippen molar-refractivity contribution in [3.05, 3.63) is 29.3 Å². The molecule has 21 heavy (non-hydrogen) atoms. The van der Waals surface area contributed by atoms with Crippen LogP contribution in [0.4, 0.5) is 0 Å². The van der Waals surface area contributed by atoms with Gasteiger partial charge in [0.05, 0.1) is 4.90 Å². The first-order chi connectivity index (χ1) is 9.99.